The lowest BCUT2D eigenvalue weighted by Crippen LogP contribution is -2.34. The number of urea groups is 1. The van der Waals surface area contributed by atoms with Crippen LogP contribution in [0.1, 0.15) is 34.9 Å². The molecule has 4 nitrogen and oxygen atoms in total. The molecule has 22 heavy (non-hydrogen) atoms. The molecule has 0 unspecified atom stereocenters. The van der Waals surface area contributed by atoms with Gasteiger partial charge in [0.15, 0.2) is 0 Å². The summed E-state index contributed by atoms with van der Waals surface area (Å²) < 4.78 is 0. The third-order valence-electron chi connectivity index (χ3n) is 3.26. The number of thiazole rings is 1. The van der Waals surface area contributed by atoms with Crippen LogP contribution in [-0.4, -0.2) is 11.0 Å². The minimum atomic E-state index is -0.160. The topological polar surface area (TPSA) is 54.0 Å². The minimum absolute atomic E-state index is 0.160. The van der Waals surface area contributed by atoms with E-state index in [9.17, 15) is 4.79 Å². The largest absolute Gasteiger partial charge is 0.334 e. The van der Waals surface area contributed by atoms with Gasteiger partial charge in [0, 0.05) is 17.6 Å². The van der Waals surface area contributed by atoms with Gasteiger partial charge in [-0.25, -0.2) is 9.78 Å². The monoisotopic (exact) mass is 317 g/mol. The molecule has 0 saturated heterocycles. The summed E-state index contributed by atoms with van der Waals surface area (Å²) in [7, 11) is 0. The van der Waals surface area contributed by atoms with Gasteiger partial charge in [-0.2, -0.15) is 0 Å². The molecule has 2 rings (SSSR count). The van der Waals surface area contributed by atoms with Crippen molar-refractivity contribution in [2.75, 3.05) is 0 Å². The van der Waals surface area contributed by atoms with E-state index >= 15 is 0 Å². The Morgan fingerprint density at radius 1 is 1.18 bits per heavy atom. The number of aromatic nitrogens is 1. The highest BCUT2D eigenvalue weighted by molar-refractivity contribution is 7.11. The van der Waals surface area contributed by atoms with E-state index in [1.165, 1.54) is 11.1 Å². The van der Waals surface area contributed by atoms with E-state index in [0.717, 1.165) is 16.3 Å². The second-order valence-electron chi connectivity index (χ2n) is 5.77. The normalized spacial score (nSPS) is 10.7. The number of nitrogens with zero attached hydrogens (tertiary/aromatic N) is 1. The predicted octanol–water partition coefficient (Wildman–Crippen LogP) is 3.65. The van der Waals surface area contributed by atoms with Gasteiger partial charge in [-0.3, -0.25) is 0 Å². The average Bonchev–Trinajstić information content (AvgIpc) is 2.89. The van der Waals surface area contributed by atoms with Crippen LogP contribution in [0.25, 0.3) is 0 Å². The molecule has 0 aliphatic carbocycles. The molecular weight excluding hydrogens is 294 g/mol. The van der Waals surface area contributed by atoms with Crippen LogP contribution in [0.5, 0.6) is 0 Å². The number of benzene rings is 1. The number of hydrogen-bond acceptors (Lipinski definition) is 3. The molecule has 0 atom stereocenters. The van der Waals surface area contributed by atoms with Crippen LogP contribution in [0.15, 0.2) is 30.5 Å². The first-order chi connectivity index (χ1) is 10.5. The zero-order valence-electron chi connectivity index (χ0n) is 13.3. The molecule has 1 aromatic carbocycles. The van der Waals surface area contributed by atoms with Crippen LogP contribution in [-0.2, 0) is 19.5 Å². The fraction of sp³-hybridized carbons (Fsp3) is 0.412. The fourth-order valence-corrected chi connectivity index (χ4v) is 2.97. The molecule has 1 aromatic heterocycles. The fourth-order valence-electron chi connectivity index (χ4n) is 2.25. The summed E-state index contributed by atoms with van der Waals surface area (Å²) in [5.41, 5.74) is 2.48. The van der Waals surface area contributed by atoms with Crippen LogP contribution in [0.3, 0.4) is 0 Å². The van der Waals surface area contributed by atoms with Crippen molar-refractivity contribution in [2.24, 2.45) is 5.92 Å². The molecule has 0 spiro atoms. The Balaban J connectivity index is 1.83. The summed E-state index contributed by atoms with van der Waals surface area (Å²) >= 11 is 1.60. The molecule has 118 valence electrons. The van der Waals surface area contributed by atoms with Crippen molar-refractivity contribution in [1.82, 2.24) is 15.6 Å². The Hall–Kier alpha value is -1.88. The molecule has 0 saturated carbocycles. The molecule has 0 bridgehead atoms. The number of carbonyl (C=O) groups is 1. The van der Waals surface area contributed by atoms with Gasteiger partial charge in [0.2, 0.25) is 0 Å². The van der Waals surface area contributed by atoms with Gasteiger partial charge in [-0.1, -0.05) is 38.1 Å². The Kier molecular flexibility index (Phi) is 5.95. The van der Waals surface area contributed by atoms with Gasteiger partial charge in [0.1, 0.15) is 5.01 Å². The number of aryl methyl sites for hydroxylation is 1. The van der Waals surface area contributed by atoms with Crippen LogP contribution >= 0.6 is 11.3 Å². The van der Waals surface area contributed by atoms with Crippen LogP contribution in [0.2, 0.25) is 0 Å². The van der Waals surface area contributed by atoms with Crippen molar-refractivity contribution < 1.29 is 4.79 Å². The van der Waals surface area contributed by atoms with Crippen LogP contribution < -0.4 is 10.6 Å². The Morgan fingerprint density at radius 3 is 2.50 bits per heavy atom. The van der Waals surface area contributed by atoms with Crippen LogP contribution in [0.4, 0.5) is 4.79 Å². The molecule has 0 aliphatic rings. The van der Waals surface area contributed by atoms with E-state index in [2.05, 4.69) is 41.6 Å². The number of nitrogens with one attached hydrogen (secondary N) is 2. The number of carbonyl (C=O) groups excluding carboxylic acids is 1. The van der Waals surface area contributed by atoms with Crippen molar-refractivity contribution in [3.05, 3.63) is 51.5 Å². The minimum Gasteiger partial charge on any atom is -0.334 e. The predicted molar refractivity (Wildman–Crippen MR) is 90.9 cm³/mol. The SMILES string of the molecule is Cc1cnc(CNC(=O)NCc2ccccc2CC(C)C)s1. The lowest BCUT2D eigenvalue weighted by Gasteiger charge is -2.12. The van der Waals surface area contributed by atoms with E-state index in [-0.39, 0.29) is 6.03 Å². The van der Waals surface area contributed by atoms with E-state index in [0.29, 0.717) is 19.0 Å². The maximum atomic E-state index is 11.9. The van der Waals surface area contributed by atoms with E-state index in [4.69, 9.17) is 0 Å². The molecule has 0 aliphatic heterocycles. The highest BCUT2D eigenvalue weighted by atomic mass is 32.1. The molecule has 0 radical (unpaired) electrons. The van der Waals surface area contributed by atoms with Crippen molar-refractivity contribution in [3.8, 4) is 0 Å². The van der Waals surface area contributed by atoms with Crippen molar-refractivity contribution in [1.29, 1.82) is 0 Å². The Bertz CT molecular complexity index is 622. The molecule has 1 heterocycles. The highest BCUT2D eigenvalue weighted by Crippen LogP contribution is 2.14. The van der Waals surface area contributed by atoms with Gasteiger partial charge in [0.25, 0.3) is 0 Å². The zero-order chi connectivity index (χ0) is 15.9. The standard InChI is InChI=1S/C17H23N3OS/c1-12(2)8-14-6-4-5-7-15(14)10-19-17(21)20-11-16-18-9-13(3)22-16/h4-7,9,12H,8,10-11H2,1-3H3,(H2,19,20,21). The lowest BCUT2D eigenvalue weighted by molar-refractivity contribution is 0.240. The van der Waals surface area contributed by atoms with Crippen molar-refractivity contribution in [3.63, 3.8) is 0 Å². The molecule has 5 heteroatoms. The molecule has 2 N–H and O–H groups in total. The van der Waals surface area contributed by atoms with E-state index < -0.39 is 0 Å². The molecule has 2 aromatic rings. The highest BCUT2D eigenvalue weighted by Gasteiger charge is 2.07. The first-order valence-corrected chi connectivity index (χ1v) is 8.36. The van der Waals surface area contributed by atoms with Gasteiger partial charge in [-0.05, 0) is 30.4 Å². The number of rotatable bonds is 6. The maximum Gasteiger partial charge on any atom is 0.315 e. The Labute approximate surface area is 136 Å². The summed E-state index contributed by atoms with van der Waals surface area (Å²) in [5, 5.41) is 6.68. The van der Waals surface area contributed by atoms with E-state index in [1.54, 1.807) is 11.3 Å². The first-order valence-electron chi connectivity index (χ1n) is 7.54. The van der Waals surface area contributed by atoms with Gasteiger partial charge < -0.3 is 10.6 Å². The molecular formula is C17H23N3OS. The first kappa shape index (κ1) is 16.5. The number of amides is 2. The number of hydrogen-bond donors (Lipinski definition) is 2. The van der Waals surface area contributed by atoms with Gasteiger partial charge in [-0.15, -0.1) is 11.3 Å². The zero-order valence-corrected chi connectivity index (χ0v) is 14.2. The molecule has 0 fully saturated rings. The maximum absolute atomic E-state index is 11.9. The third kappa shape index (κ3) is 5.15. The van der Waals surface area contributed by atoms with Gasteiger partial charge in [0.05, 0.1) is 6.54 Å². The second kappa shape index (κ2) is 7.94. The van der Waals surface area contributed by atoms with Crippen molar-refractivity contribution >= 4 is 17.4 Å². The Morgan fingerprint density at radius 2 is 1.86 bits per heavy atom. The quantitative estimate of drug-likeness (QED) is 0.854. The summed E-state index contributed by atoms with van der Waals surface area (Å²) in [6.45, 7) is 7.43. The summed E-state index contributed by atoms with van der Waals surface area (Å²) in [5.74, 6) is 0.600. The van der Waals surface area contributed by atoms with Crippen molar-refractivity contribution in [2.45, 2.75) is 40.3 Å². The van der Waals surface area contributed by atoms with Gasteiger partial charge >= 0.3 is 6.03 Å². The average molecular weight is 317 g/mol. The summed E-state index contributed by atoms with van der Waals surface area (Å²) in [6.07, 6.45) is 2.85. The third-order valence-corrected chi connectivity index (χ3v) is 4.17. The summed E-state index contributed by atoms with van der Waals surface area (Å²) in [6, 6.07) is 8.10. The lowest BCUT2D eigenvalue weighted by atomic mass is 9.98. The smallest absolute Gasteiger partial charge is 0.315 e. The second-order valence-corrected chi connectivity index (χ2v) is 7.09. The van der Waals surface area contributed by atoms with E-state index in [1.807, 2.05) is 25.3 Å². The summed E-state index contributed by atoms with van der Waals surface area (Å²) in [4.78, 5) is 17.3. The molecule has 2 amide bonds. The van der Waals surface area contributed by atoms with Crippen LogP contribution in [0, 0.1) is 12.8 Å².